The zero-order valence-electron chi connectivity index (χ0n) is 10.7. The molecule has 0 bridgehead atoms. The molecule has 0 saturated carbocycles. The summed E-state index contributed by atoms with van der Waals surface area (Å²) >= 11 is 0. The van der Waals surface area contributed by atoms with E-state index in [9.17, 15) is 9.18 Å². The van der Waals surface area contributed by atoms with Crippen molar-refractivity contribution >= 4 is 11.6 Å². The van der Waals surface area contributed by atoms with Crippen molar-refractivity contribution in [3.63, 3.8) is 0 Å². The Bertz CT molecular complexity index is 672. The summed E-state index contributed by atoms with van der Waals surface area (Å²) in [6.07, 6.45) is 0. The Morgan fingerprint density at radius 2 is 1.95 bits per heavy atom. The lowest BCUT2D eigenvalue weighted by atomic mass is 10.1. The van der Waals surface area contributed by atoms with E-state index in [4.69, 9.17) is 5.73 Å². The molecule has 0 unspecified atom stereocenters. The van der Waals surface area contributed by atoms with E-state index in [1.807, 2.05) is 6.07 Å². The average molecular weight is 268 g/mol. The first kappa shape index (κ1) is 13.8. The molecule has 2 aromatic rings. The molecule has 3 N–H and O–H groups in total. The first-order valence-corrected chi connectivity index (χ1v) is 6.05. The molecule has 4 heteroatoms. The second-order valence-corrected chi connectivity index (χ2v) is 4.02. The molecule has 2 aromatic carbocycles. The number of nitrogens with two attached hydrogens (primary N) is 1. The van der Waals surface area contributed by atoms with Crippen LogP contribution in [0.1, 0.15) is 15.9 Å². The van der Waals surface area contributed by atoms with Crippen LogP contribution in [0.25, 0.3) is 0 Å². The van der Waals surface area contributed by atoms with Crippen molar-refractivity contribution < 1.29 is 9.18 Å². The quantitative estimate of drug-likeness (QED) is 0.822. The van der Waals surface area contributed by atoms with Gasteiger partial charge in [-0.05, 0) is 30.3 Å². The highest BCUT2D eigenvalue weighted by molar-refractivity contribution is 6.04. The van der Waals surface area contributed by atoms with E-state index in [1.165, 1.54) is 18.2 Å². The van der Waals surface area contributed by atoms with E-state index in [2.05, 4.69) is 17.2 Å². The summed E-state index contributed by atoms with van der Waals surface area (Å²) < 4.78 is 13.2. The van der Waals surface area contributed by atoms with E-state index in [0.717, 1.165) is 0 Å². The first-order chi connectivity index (χ1) is 9.70. The molecule has 1 amide bonds. The van der Waals surface area contributed by atoms with Crippen LogP contribution in [0.4, 0.5) is 10.1 Å². The molecule has 0 radical (unpaired) electrons. The molecule has 0 aromatic heterocycles. The van der Waals surface area contributed by atoms with Gasteiger partial charge in [0.1, 0.15) is 5.82 Å². The van der Waals surface area contributed by atoms with E-state index in [-0.39, 0.29) is 12.5 Å². The molecule has 0 saturated heterocycles. The zero-order chi connectivity index (χ0) is 14.4. The molecule has 0 heterocycles. The number of carbonyl (C=O) groups excluding carboxylic acids is 1. The van der Waals surface area contributed by atoms with Crippen LogP contribution in [0, 0.1) is 17.7 Å². The van der Waals surface area contributed by atoms with Gasteiger partial charge in [-0.2, -0.15) is 0 Å². The minimum Gasteiger partial charge on any atom is -0.321 e. The third-order valence-corrected chi connectivity index (χ3v) is 2.59. The Balaban J connectivity index is 2.27. The smallest absolute Gasteiger partial charge is 0.255 e. The van der Waals surface area contributed by atoms with Crippen molar-refractivity contribution in [1.29, 1.82) is 0 Å². The zero-order valence-corrected chi connectivity index (χ0v) is 10.7. The molecule has 0 spiro atoms. The van der Waals surface area contributed by atoms with Gasteiger partial charge in [0.15, 0.2) is 0 Å². The van der Waals surface area contributed by atoms with Crippen LogP contribution in [0.15, 0.2) is 48.5 Å². The Kier molecular flexibility index (Phi) is 4.48. The fourth-order valence-corrected chi connectivity index (χ4v) is 1.66. The topological polar surface area (TPSA) is 55.1 Å². The van der Waals surface area contributed by atoms with Gasteiger partial charge in [-0.25, -0.2) is 4.39 Å². The summed E-state index contributed by atoms with van der Waals surface area (Å²) in [5.74, 6) is 4.70. The summed E-state index contributed by atoms with van der Waals surface area (Å²) in [5.41, 5.74) is 6.69. The van der Waals surface area contributed by atoms with Gasteiger partial charge in [-0.15, -0.1) is 0 Å². The lowest BCUT2D eigenvalue weighted by Gasteiger charge is -2.07. The number of anilines is 1. The maximum absolute atomic E-state index is 13.2. The summed E-state index contributed by atoms with van der Waals surface area (Å²) in [6.45, 7) is 0.169. The Morgan fingerprint density at radius 1 is 1.20 bits per heavy atom. The van der Waals surface area contributed by atoms with Crippen molar-refractivity contribution in [3.8, 4) is 11.8 Å². The number of hydrogen-bond acceptors (Lipinski definition) is 2. The molecule has 0 atom stereocenters. The lowest BCUT2D eigenvalue weighted by Crippen LogP contribution is -2.12. The van der Waals surface area contributed by atoms with Crippen LogP contribution in [0.3, 0.4) is 0 Å². The minimum atomic E-state index is -0.413. The van der Waals surface area contributed by atoms with Crippen LogP contribution in [0.5, 0.6) is 0 Å². The Labute approximate surface area is 116 Å². The van der Waals surface area contributed by atoms with Gasteiger partial charge in [0.25, 0.3) is 5.91 Å². The summed E-state index contributed by atoms with van der Waals surface area (Å²) in [7, 11) is 0. The van der Waals surface area contributed by atoms with Crippen LogP contribution >= 0.6 is 0 Å². The van der Waals surface area contributed by atoms with Gasteiger partial charge >= 0.3 is 0 Å². The number of hydrogen-bond donors (Lipinski definition) is 2. The highest BCUT2D eigenvalue weighted by Gasteiger charge is 2.08. The van der Waals surface area contributed by atoms with Crippen LogP contribution < -0.4 is 11.1 Å². The van der Waals surface area contributed by atoms with Crippen molar-refractivity contribution in [2.45, 2.75) is 0 Å². The highest BCUT2D eigenvalue weighted by Crippen LogP contribution is 2.17. The lowest BCUT2D eigenvalue weighted by molar-refractivity contribution is 0.102. The fourth-order valence-electron chi connectivity index (χ4n) is 1.66. The van der Waals surface area contributed by atoms with Crippen molar-refractivity contribution in [1.82, 2.24) is 0 Å². The van der Waals surface area contributed by atoms with E-state index in [0.29, 0.717) is 16.8 Å². The second-order valence-electron chi connectivity index (χ2n) is 4.02. The molecule has 2 rings (SSSR count). The molecule has 0 fully saturated rings. The van der Waals surface area contributed by atoms with E-state index in [1.54, 1.807) is 24.3 Å². The number of halogens is 1. The standard InChI is InChI=1S/C16H13FN2O/c17-14-8-9-15(13(11-14)7-4-10-18)19-16(20)12-5-2-1-3-6-12/h1-3,5-6,8-9,11H,10,18H2,(H,19,20). The fraction of sp³-hybridized carbons (Fsp3) is 0.0625. The predicted octanol–water partition coefficient (Wildman–Crippen LogP) is 2.39. The Hall–Kier alpha value is -2.64. The van der Waals surface area contributed by atoms with E-state index < -0.39 is 5.82 Å². The molecule has 20 heavy (non-hydrogen) atoms. The number of amides is 1. The minimum absolute atomic E-state index is 0.169. The maximum atomic E-state index is 13.2. The van der Waals surface area contributed by atoms with E-state index >= 15 is 0 Å². The van der Waals surface area contributed by atoms with Crippen molar-refractivity contribution in [2.75, 3.05) is 11.9 Å². The Morgan fingerprint density at radius 3 is 2.65 bits per heavy atom. The number of nitrogens with one attached hydrogen (secondary N) is 1. The predicted molar refractivity (Wildman–Crippen MR) is 76.7 cm³/mol. The number of carbonyl (C=O) groups is 1. The maximum Gasteiger partial charge on any atom is 0.255 e. The molecular weight excluding hydrogens is 255 g/mol. The van der Waals surface area contributed by atoms with Crippen LogP contribution in [0.2, 0.25) is 0 Å². The molecule has 3 nitrogen and oxygen atoms in total. The molecule has 0 aliphatic heterocycles. The second kappa shape index (κ2) is 6.50. The van der Waals surface area contributed by atoms with Crippen molar-refractivity contribution in [3.05, 3.63) is 65.5 Å². The van der Waals surface area contributed by atoms with Crippen LogP contribution in [-0.2, 0) is 0 Å². The van der Waals surface area contributed by atoms with Gasteiger partial charge in [0.05, 0.1) is 17.8 Å². The van der Waals surface area contributed by atoms with Gasteiger partial charge in [-0.3, -0.25) is 4.79 Å². The number of rotatable bonds is 2. The normalized spacial score (nSPS) is 9.50. The van der Waals surface area contributed by atoms with Gasteiger partial charge in [0.2, 0.25) is 0 Å². The summed E-state index contributed by atoms with van der Waals surface area (Å²) in [4.78, 5) is 12.0. The first-order valence-electron chi connectivity index (χ1n) is 6.05. The molecule has 0 aliphatic carbocycles. The highest BCUT2D eigenvalue weighted by atomic mass is 19.1. The molecule has 0 aliphatic rings. The van der Waals surface area contributed by atoms with Crippen molar-refractivity contribution in [2.24, 2.45) is 5.73 Å². The SMILES string of the molecule is NCC#Cc1cc(F)ccc1NC(=O)c1ccccc1. The summed E-state index contributed by atoms with van der Waals surface area (Å²) in [5, 5.41) is 2.71. The third kappa shape index (κ3) is 3.44. The van der Waals surface area contributed by atoms with Gasteiger partial charge in [-0.1, -0.05) is 30.0 Å². The number of benzene rings is 2. The van der Waals surface area contributed by atoms with Gasteiger partial charge < -0.3 is 11.1 Å². The van der Waals surface area contributed by atoms with Gasteiger partial charge in [0, 0.05) is 5.56 Å². The monoisotopic (exact) mass is 268 g/mol. The van der Waals surface area contributed by atoms with Crippen LogP contribution in [-0.4, -0.2) is 12.5 Å². The third-order valence-electron chi connectivity index (χ3n) is 2.59. The molecule has 100 valence electrons. The average Bonchev–Trinajstić information content (AvgIpc) is 2.48. The largest absolute Gasteiger partial charge is 0.321 e. The molecular formula is C16H13FN2O. The summed E-state index contributed by atoms with van der Waals surface area (Å²) in [6, 6.07) is 12.8.